The standard InChI is InChI=1S/C15H27N3O3/c1-15(2,3)21-14(20)17-12-8-11(9-12)16-10-13(19)18-6-4-5-7-18/h11-12,16H,4-10H2,1-3H3,(H,17,20). The van der Waals surface area contributed by atoms with E-state index in [4.69, 9.17) is 4.74 Å². The van der Waals surface area contributed by atoms with Crippen LogP contribution in [-0.4, -0.2) is 54.2 Å². The second-order valence-corrected chi connectivity index (χ2v) is 6.98. The van der Waals surface area contributed by atoms with Gasteiger partial charge in [0.15, 0.2) is 0 Å². The van der Waals surface area contributed by atoms with Crippen molar-refractivity contribution in [1.82, 2.24) is 15.5 Å². The molecule has 6 nitrogen and oxygen atoms in total. The molecule has 2 amide bonds. The number of likely N-dealkylation sites (tertiary alicyclic amines) is 1. The first-order valence-corrected chi connectivity index (χ1v) is 7.84. The average molecular weight is 297 g/mol. The fraction of sp³-hybridized carbons (Fsp3) is 0.867. The predicted molar refractivity (Wildman–Crippen MR) is 80.0 cm³/mol. The van der Waals surface area contributed by atoms with Crippen LogP contribution >= 0.6 is 0 Å². The van der Waals surface area contributed by atoms with Gasteiger partial charge in [0, 0.05) is 25.2 Å². The first-order valence-electron chi connectivity index (χ1n) is 7.84. The lowest BCUT2D eigenvalue weighted by atomic mass is 9.87. The Morgan fingerprint density at radius 3 is 2.33 bits per heavy atom. The number of hydrogen-bond acceptors (Lipinski definition) is 4. The molecule has 2 N–H and O–H groups in total. The predicted octanol–water partition coefficient (Wildman–Crippen LogP) is 1.25. The minimum Gasteiger partial charge on any atom is -0.444 e. The quantitative estimate of drug-likeness (QED) is 0.819. The van der Waals surface area contributed by atoms with Gasteiger partial charge in [0.05, 0.1) is 6.54 Å². The number of hydrogen-bond donors (Lipinski definition) is 2. The third-order valence-electron chi connectivity index (χ3n) is 3.86. The largest absolute Gasteiger partial charge is 0.444 e. The van der Waals surface area contributed by atoms with E-state index in [1.54, 1.807) is 0 Å². The highest BCUT2D eigenvalue weighted by atomic mass is 16.6. The molecular weight excluding hydrogens is 270 g/mol. The molecule has 2 fully saturated rings. The third kappa shape index (κ3) is 5.19. The molecular formula is C15H27N3O3. The Morgan fingerprint density at radius 1 is 1.14 bits per heavy atom. The normalized spacial score (nSPS) is 25.4. The molecule has 6 heteroatoms. The summed E-state index contributed by atoms with van der Waals surface area (Å²) in [6.45, 7) is 7.75. The Hall–Kier alpha value is -1.30. The zero-order valence-electron chi connectivity index (χ0n) is 13.3. The summed E-state index contributed by atoms with van der Waals surface area (Å²) in [6.07, 6.45) is 3.59. The number of alkyl carbamates (subject to hydrolysis) is 1. The molecule has 2 aliphatic rings. The van der Waals surface area contributed by atoms with Gasteiger partial charge in [-0.15, -0.1) is 0 Å². The summed E-state index contributed by atoms with van der Waals surface area (Å²) < 4.78 is 5.21. The Labute approximate surface area is 126 Å². The fourth-order valence-electron chi connectivity index (χ4n) is 2.69. The molecule has 2 rings (SSSR count). The van der Waals surface area contributed by atoms with E-state index in [9.17, 15) is 9.59 Å². The average Bonchev–Trinajstić information content (AvgIpc) is 2.82. The van der Waals surface area contributed by atoms with E-state index in [1.165, 1.54) is 0 Å². The fourth-order valence-corrected chi connectivity index (χ4v) is 2.69. The molecule has 1 aliphatic carbocycles. The molecule has 1 aliphatic heterocycles. The summed E-state index contributed by atoms with van der Waals surface area (Å²) in [5.74, 6) is 0.191. The van der Waals surface area contributed by atoms with Crippen LogP contribution < -0.4 is 10.6 Å². The van der Waals surface area contributed by atoms with Gasteiger partial charge in [-0.2, -0.15) is 0 Å². The van der Waals surface area contributed by atoms with Gasteiger partial charge in [-0.05, 0) is 46.5 Å². The van der Waals surface area contributed by atoms with E-state index >= 15 is 0 Å². The number of rotatable bonds is 4. The van der Waals surface area contributed by atoms with E-state index in [1.807, 2.05) is 25.7 Å². The molecule has 120 valence electrons. The minimum atomic E-state index is -0.465. The SMILES string of the molecule is CC(C)(C)OC(=O)NC1CC(NCC(=O)N2CCCC2)C1. The minimum absolute atomic E-state index is 0.152. The van der Waals surface area contributed by atoms with E-state index in [0.29, 0.717) is 12.6 Å². The second kappa shape index (κ2) is 6.64. The molecule has 21 heavy (non-hydrogen) atoms. The summed E-state index contributed by atoms with van der Waals surface area (Å²) in [6, 6.07) is 0.468. The van der Waals surface area contributed by atoms with Crippen LogP contribution in [0.1, 0.15) is 46.5 Å². The van der Waals surface area contributed by atoms with Gasteiger partial charge >= 0.3 is 6.09 Å². The van der Waals surface area contributed by atoms with Crippen LogP contribution in [-0.2, 0) is 9.53 Å². The van der Waals surface area contributed by atoms with E-state index in [-0.39, 0.29) is 18.0 Å². The maximum Gasteiger partial charge on any atom is 0.407 e. The van der Waals surface area contributed by atoms with Gasteiger partial charge in [0.2, 0.25) is 5.91 Å². The number of amides is 2. The van der Waals surface area contributed by atoms with Crippen molar-refractivity contribution in [3.8, 4) is 0 Å². The Kier molecular flexibility index (Phi) is 5.08. The highest BCUT2D eigenvalue weighted by molar-refractivity contribution is 5.78. The highest BCUT2D eigenvalue weighted by Crippen LogP contribution is 2.20. The number of carbonyl (C=O) groups is 2. The zero-order valence-corrected chi connectivity index (χ0v) is 13.3. The summed E-state index contributed by atoms with van der Waals surface area (Å²) in [5.41, 5.74) is -0.465. The monoisotopic (exact) mass is 297 g/mol. The van der Waals surface area contributed by atoms with Crippen LogP contribution in [0.4, 0.5) is 4.79 Å². The van der Waals surface area contributed by atoms with E-state index < -0.39 is 5.60 Å². The van der Waals surface area contributed by atoms with Crippen molar-refractivity contribution >= 4 is 12.0 Å². The van der Waals surface area contributed by atoms with Gasteiger partial charge in [0.25, 0.3) is 0 Å². The van der Waals surface area contributed by atoms with Crippen molar-refractivity contribution < 1.29 is 14.3 Å². The van der Waals surface area contributed by atoms with Crippen LogP contribution in [0.25, 0.3) is 0 Å². The van der Waals surface area contributed by atoms with Crippen LogP contribution in [0.5, 0.6) is 0 Å². The maximum absolute atomic E-state index is 11.9. The molecule has 0 bridgehead atoms. The molecule has 0 unspecified atom stereocenters. The van der Waals surface area contributed by atoms with Crippen LogP contribution in [0.15, 0.2) is 0 Å². The molecule has 0 radical (unpaired) electrons. The third-order valence-corrected chi connectivity index (χ3v) is 3.86. The molecule has 0 atom stereocenters. The van der Waals surface area contributed by atoms with Crippen LogP contribution in [0.2, 0.25) is 0 Å². The smallest absolute Gasteiger partial charge is 0.407 e. The van der Waals surface area contributed by atoms with Crippen molar-refractivity contribution in [1.29, 1.82) is 0 Å². The molecule has 0 aromatic rings. The summed E-state index contributed by atoms with van der Waals surface area (Å²) in [4.78, 5) is 25.4. The van der Waals surface area contributed by atoms with Gasteiger partial charge in [-0.25, -0.2) is 4.79 Å². The zero-order chi connectivity index (χ0) is 15.5. The van der Waals surface area contributed by atoms with Crippen molar-refractivity contribution in [2.75, 3.05) is 19.6 Å². The second-order valence-electron chi connectivity index (χ2n) is 6.98. The van der Waals surface area contributed by atoms with Crippen LogP contribution in [0, 0.1) is 0 Å². The van der Waals surface area contributed by atoms with E-state index in [2.05, 4.69) is 10.6 Å². The maximum atomic E-state index is 11.9. The van der Waals surface area contributed by atoms with Crippen molar-refractivity contribution in [2.45, 2.75) is 64.1 Å². The van der Waals surface area contributed by atoms with Gasteiger partial charge in [0.1, 0.15) is 5.60 Å². The van der Waals surface area contributed by atoms with Gasteiger partial charge in [-0.3, -0.25) is 4.79 Å². The summed E-state index contributed by atoms with van der Waals surface area (Å²) >= 11 is 0. The lowest BCUT2D eigenvalue weighted by molar-refractivity contribution is -0.129. The number of nitrogens with one attached hydrogen (secondary N) is 2. The molecule has 0 aromatic carbocycles. The number of ether oxygens (including phenoxy) is 1. The Morgan fingerprint density at radius 2 is 1.76 bits per heavy atom. The number of nitrogens with zero attached hydrogens (tertiary/aromatic N) is 1. The lowest BCUT2D eigenvalue weighted by Gasteiger charge is -2.36. The summed E-state index contributed by atoms with van der Waals surface area (Å²) in [5, 5.41) is 6.11. The van der Waals surface area contributed by atoms with Crippen LogP contribution in [0.3, 0.4) is 0 Å². The number of carbonyl (C=O) groups excluding carboxylic acids is 2. The lowest BCUT2D eigenvalue weighted by Crippen LogP contribution is -2.54. The molecule has 1 saturated carbocycles. The van der Waals surface area contributed by atoms with Gasteiger partial charge in [-0.1, -0.05) is 0 Å². The van der Waals surface area contributed by atoms with Crippen molar-refractivity contribution in [2.24, 2.45) is 0 Å². The molecule has 0 spiro atoms. The molecule has 0 aromatic heterocycles. The topological polar surface area (TPSA) is 70.7 Å². The highest BCUT2D eigenvalue weighted by Gasteiger charge is 2.32. The summed E-state index contributed by atoms with van der Waals surface area (Å²) in [7, 11) is 0. The Bertz CT molecular complexity index is 380. The first kappa shape index (κ1) is 16.1. The molecule has 1 heterocycles. The van der Waals surface area contributed by atoms with E-state index in [0.717, 1.165) is 38.8 Å². The van der Waals surface area contributed by atoms with Gasteiger partial charge < -0.3 is 20.3 Å². The molecule has 1 saturated heterocycles. The Balaban J connectivity index is 1.57. The van der Waals surface area contributed by atoms with Crippen molar-refractivity contribution in [3.63, 3.8) is 0 Å². The van der Waals surface area contributed by atoms with Crippen molar-refractivity contribution in [3.05, 3.63) is 0 Å². The first-order chi connectivity index (χ1) is 9.83.